The predicted octanol–water partition coefficient (Wildman–Crippen LogP) is 5.58. The number of hydrogen-bond donors (Lipinski definition) is 1. The molecule has 4 aliphatic rings. The lowest BCUT2D eigenvalue weighted by Gasteiger charge is -2.62. The van der Waals surface area contributed by atoms with Crippen molar-refractivity contribution >= 4 is 23.7 Å². The number of carbonyl (C=O) groups is 4. The van der Waals surface area contributed by atoms with Crippen molar-refractivity contribution in [3.05, 3.63) is 0 Å². The second-order valence-corrected chi connectivity index (χ2v) is 13.1. The highest BCUT2D eigenvalue weighted by Crippen LogP contribution is 2.68. The highest BCUT2D eigenvalue weighted by molar-refractivity contribution is 5.79. The monoisotopic (exact) mass is 518 g/mol. The van der Waals surface area contributed by atoms with E-state index >= 15 is 0 Å². The molecule has 0 heterocycles. The van der Waals surface area contributed by atoms with Crippen molar-refractivity contribution in [1.29, 1.82) is 0 Å². The molecule has 0 aliphatic heterocycles. The topological polar surface area (TPSA) is 107 Å². The van der Waals surface area contributed by atoms with Gasteiger partial charge in [-0.25, -0.2) is 0 Å². The number of rotatable bonds is 9. The Hall–Kier alpha value is -1.92. The van der Waals surface area contributed by atoms with Gasteiger partial charge in [0.05, 0.1) is 7.11 Å². The molecule has 0 aromatic carbocycles. The molecule has 9 atom stereocenters. The Morgan fingerprint density at radius 3 is 2.43 bits per heavy atom. The Bertz CT molecular complexity index is 898. The number of carboxylic acids is 1. The first kappa shape index (κ1) is 28.1. The highest BCUT2D eigenvalue weighted by Gasteiger charge is 2.63. The molecular formula is C30H46O7. The molecule has 37 heavy (non-hydrogen) atoms. The van der Waals surface area contributed by atoms with Crippen molar-refractivity contribution in [2.75, 3.05) is 7.11 Å². The SMILES string of the molecule is COC(=O)CC[C@@H](C)[C@H]1CC[C@H]2[C@@H]3[C@H](OC(=O)CCCC(=O)O)CC4CC(=O)CC[C@]4(C)[C@H]3CC[C@]12C. The van der Waals surface area contributed by atoms with Crippen LogP contribution >= 0.6 is 0 Å². The molecule has 7 heteroatoms. The van der Waals surface area contributed by atoms with E-state index in [0.29, 0.717) is 48.7 Å². The molecule has 208 valence electrons. The van der Waals surface area contributed by atoms with Gasteiger partial charge in [0.2, 0.25) is 0 Å². The van der Waals surface area contributed by atoms with Crippen LogP contribution < -0.4 is 0 Å². The van der Waals surface area contributed by atoms with Crippen LogP contribution in [0, 0.1) is 46.3 Å². The minimum atomic E-state index is -0.900. The normalized spacial score (nSPS) is 39.6. The number of carbonyl (C=O) groups excluding carboxylic acids is 3. The molecule has 0 spiro atoms. The van der Waals surface area contributed by atoms with Gasteiger partial charge in [0.1, 0.15) is 11.9 Å². The van der Waals surface area contributed by atoms with E-state index in [1.165, 1.54) is 7.11 Å². The first-order valence-electron chi connectivity index (χ1n) is 14.5. The van der Waals surface area contributed by atoms with Gasteiger partial charge in [-0.1, -0.05) is 20.8 Å². The zero-order chi connectivity index (χ0) is 27.0. The third-order valence-corrected chi connectivity index (χ3v) is 11.3. The van der Waals surface area contributed by atoms with Crippen LogP contribution in [0.1, 0.15) is 104 Å². The molecular weight excluding hydrogens is 472 g/mol. The van der Waals surface area contributed by atoms with Crippen molar-refractivity contribution in [1.82, 2.24) is 0 Å². The van der Waals surface area contributed by atoms with Crippen molar-refractivity contribution < 1.29 is 33.8 Å². The number of esters is 2. The van der Waals surface area contributed by atoms with E-state index in [0.717, 1.165) is 44.9 Å². The summed E-state index contributed by atoms with van der Waals surface area (Å²) in [5.41, 5.74) is 0.235. The van der Waals surface area contributed by atoms with Crippen molar-refractivity contribution in [2.45, 2.75) is 110 Å². The molecule has 0 amide bonds. The van der Waals surface area contributed by atoms with Gasteiger partial charge in [-0.15, -0.1) is 0 Å². The van der Waals surface area contributed by atoms with E-state index in [9.17, 15) is 19.2 Å². The molecule has 0 aromatic heterocycles. The molecule has 4 aliphatic carbocycles. The molecule has 1 unspecified atom stereocenters. The maximum absolute atomic E-state index is 12.9. The summed E-state index contributed by atoms with van der Waals surface area (Å²) in [6, 6.07) is 0. The van der Waals surface area contributed by atoms with Crippen molar-refractivity contribution in [2.24, 2.45) is 46.3 Å². The fraction of sp³-hybridized carbons (Fsp3) is 0.867. The summed E-state index contributed by atoms with van der Waals surface area (Å²) in [5, 5.41) is 8.96. The molecule has 4 saturated carbocycles. The zero-order valence-corrected chi connectivity index (χ0v) is 23.1. The molecule has 7 nitrogen and oxygen atoms in total. The van der Waals surface area contributed by atoms with Crippen molar-refractivity contribution in [3.63, 3.8) is 0 Å². The smallest absolute Gasteiger partial charge is 0.306 e. The Labute approximate surface area is 221 Å². The lowest BCUT2D eigenvalue weighted by Crippen LogP contribution is -2.59. The van der Waals surface area contributed by atoms with Gasteiger partial charge >= 0.3 is 17.9 Å². The number of methoxy groups -OCH3 is 1. The Morgan fingerprint density at radius 2 is 1.73 bits per heavy atom. The number of fused-ring (bicyclic) bond motifs is 5. The van der Waals surface area contributed by atoms with Gasteiger partial charge in [0, 0.05) is 38.0 Å². The molecule has 0 aromatic rings. The van der Waals surface area contributed by atoms with Gasteiger partial charge in [-0.2, -0.15) is 0 Å². The van der Waals surface area contributed by atoms with Gasteiger partial charge < -0.3 is 14.6 Å². The van der Waals surface area contributed by atoms with Crippen LogP contribution in [0.4, 0.5) is 0 Å². The first-order chi connectivity index (χ1) is 17.5. The predicted molar refractivity (Wildman–Crippen MR) is 137 cm³/mol. The van der Waals surface area contributed by atoms with Crippen LogP contribution in [0.15, 0.2) is 0 Å². The number of hydrogen-bond acceptors (Lipinski definition) is 6. The Morgan fingerprint density at radius 1 is 1.00 bits per heavy atom. The van der Waals surface area contributed by atoms with Crippen LogP contribution in [-0.2, 0) is 28.7 Å². The summed E-state index contributed by atoms with van der Waals surface area (Å²) < 4.78 is 11.1. The minimum absolute atomic E-state index is 0.0349. The van der Waals surface area contributed by atoms with E-state index in [4.69, 9.17) is 14.6 Å². The van der Waals surface area contributed by atoms with Gasteiger partial charge in [0.15, 0.2) is 0 Å². The highest BCUT2D eigenvalue weighted by atomic mass is 16.5. The summed E-state index contributed by atoms with van der Waals surface area (Å²) in [6.45, 7) is 7.10. The van der Waals surface area contributed by atoms with Crippen LogP contribution in [0.3, 0.4) is 0 Å². The number of ether oxygens (including phenoxy) is 2. The average Bonchev–Trinajstić information content (AvgIpc) is 3.20. The standard InChI is InChI=1S/C30H46O7/c1-18(8-11-26(34)36-4)21-9-10-22-28-23(13-15-30(21,22)3)29(2)14-12-20(31)16-19(29)17-24(28)37-27(35)7-5-6-25(32)33/h18-19,21-24,28H,5-17H2,1-4H3,(H,32,33)/t18-,19?,21-,22+,23+,24-,28+,29+,30-/m1/s1. The van der Waals surface area contributed by atoms with E-state index in [2.05, 4.69) is 20.8 Å². The summed E-state index contributed by atoms with van der Waals surface area (Å²) in [6.07, 6.45) is 8.83. The lowest BCUT2D eigenvalue weighted by molar-refractivity contribution is -0.191. The van der Waals surface area contributed by atoms with Crippen molar-refractivity contribution in [3.8, 4) is 0 Å². The van der Waals surface area contributed by atoms with E-state index in [-0.39, 0.29) is 60.0 Å². The third kappa shape index (κ3) is 5.47. The average molecular weight is 519 g/mol. The zero-order valence-electron chi connectivity index (χ0n) is 23.1. The number of ketones is 1. The minimum Gasteiger partial charge on any atom is -0.481 e. The second-order valence-electron chi connectivity index (χ2n) is 13.1. The number of carboxylic acid groups (broad SMARTS) is 1. The summed E-state index contributed by atoms with van der Waals surface area (Å²) >= 11 is 0. The van der Waals surface area contributed by atoms with E-state index in [1.54, 1.807) is 0 Å². The maximum atomic E-state index is 12.9. The van der Waals surface area contributed by atoms with Crippen LogP contribution in [0.25, 0.3) is 0 Å². The molecule has 0 saturated heterocycles. The molecule has 4 fully saturated rings. The number of aliphatic carboxylic acids is 1. The molecule has 0 radical (unpaired) electrons. The van der Waals surface area contributed by atoms with E-state index < -0.39 is 5.97 Å². The molecule has 1 N–H and O–H groups in total. The fourth-order valence-corrected chi connectivity index (χ4v) is 9.35. The molecule has 0 bridgehead atoms. The quantitative estimate of drug-likeness (QED) is 0.397. The molecule has 4 rings (SSSR count). The largest absolute Gasteiger partial charge is 0.481 e. The van der Waals surface area contributed by atoms with Crippen LogP contribution in [0.2, 0.25) is 0 Å². The van der Waals surface area contributed by atoms with E-state index in [1.807, 2.05) is 0 Å². The summed E-state index contributed by atoms with van der Waals surface area (Å²) in [7, 11) is 1.44. The Kier molecular flexibility index (Phi) is 8.40. The van der Waals surface area contributed by atoms with Gasteiger partial charge in [0.25, 0.3) is 0 Å². The third-order valence-electron chi connectivity index (χ3n) is 11.3. The van der Waals surface area contributed by atoms with Crippen LogP contribution in [0.5, 0.6) is 0 Å². The summed E-state index contributed by atoms with van der Waals surface area (Å²) in [5.74, 6) is 1.31. The van der Waals surface area contributed by atoms with Gasteiger partial charge in [-0.3, -0.25) is 19.2 Å². The lowest BCUT2D eigenvalue weighted by atomic mass is 9.43. The van der Waals surface area contributed by atoms with Gasteiger partial charge in [-0.05, 0) is 91.8 Å². The first-order valence-corrected chi connectivity index (χ1v) is 14.5. The summed E-state index contributed by atoms with van der Waals surface area (Å²) in [4.78, 5) is 48.0. The fourth-order valence-electron chi connectivity index (χ4n) is 9.35. The Balaban J connectivity index is 1.56. The maximum Gasteiger partial charge on any atom is 0.306 e. The number of Topliss-reactive ketones (excluding diaryl/α,β-unsaturated/α-hetero) is 1. The second kappa shape index (κ2) is 11.1. The van der Waals surface area contributed by atoms with Crippen LogP contribution in [-0.4, -0.2) is 42.0 Å².